The number of nitrogens with zero attached hydrogens (tertiary/aromatic N) is 1. The molecular formula is C28H36F2N2O. The number of halogens is 2. The molecule has 3 nitrogen and oxygen atoms in total. The van der Waals surface area contributed by atoms with Crippen LogP contribution in [0.25, 0.3) is 0 Å². The van der Waals surface area contributed by atoms with Crippen LogP contribution in [0.3, 0.4) is 0 Å². The van der Waals surface area contributed by atoms with Crippen LogP contribution in [0.15, 0.2) is 54.7 Å². The second-order valence-electron chi connectivity index (χ2n) is 9.58. The average Bonchev–Trinajstić information content (AvgIpc) is 3.62. The Kier molecular flexibility index (Phi) is 8.02. The van der Waals surface area contributed by atoms with Gasteiger partial charge in [0, 0.05) is 31.9 Å². The first-order valence-electron chi connectivity index (χ1n) is 12.1. The Morgan fingerprint density at radius 2 is 1.79 bits per heavy atom. The van der Waals surface area contributed by atoms with E-state index in [1.54, 1.807) is 0 Å². The number of hydrogen-bond donors (Lipinski definition) is 1. The van der Waals surface area contributed by atoms with Gasteiger partial charge in [-0.15, -0.1) is 0 Å². The quantitative estimate of drug-likeness (QED) is 0.469. The van der Waals surface area contributed by atoms with Crippen molar-refractivity contribution in [1.82, 2.24) is 10.2 Å². The molecule has 3 aliphatic rings. The maximum atomic E-state index is 14.9. The number of nitrogens with one attached hydrogen (secondary N) is 1. The lowest BCUT2D eigenvalue weighted by Crippen LogP contribution is -2.31. The Morgan fingerprint density at radius 1 is 1.06 bits per heavy atom. The van der Waals surface area contributed by atoms with Crippen LogP contribution < -0.4 is 10.1 Å². The summed E-state index contributed by atoms with van der Waals surface area (Å²) < 4.78 is 30.3. The molecule has 33 heavy (non-hydrogen) atoms. The highest BCUT2D eigenvalue weighted by atomic mass is 19.1. The molecule has 1 N–H and O–H groups in total. The molecular weight excluding hydrogens is 418 g/mol. The van der Waals surface area contributed by atoms with Crippen molar-refractivity contribution in [1.29, 1.82) is 0 Å². The van der Waals surface area contributed by atoms with Crippen molar-refractivity contribution in [2.75, 3.05) is 20.3 Å². The van der Waals surface area contributed by atoms with Crippen molar-refractivity contribution in [2.24, 2.45) is 11.8 Å². The smallest absolute Gasteiger partial charge is 0.138 e. The van der Waals surface area contributed by atoms with E-state index >= 15 is 0 Å². The van der Waals surface area contributed by atoms with Gasteiger partial charge in [-0.05, 0) is 71.9 Å². The molecule has 1 unspecified atom stereocenters. The van der Waals surface area contributed by atoms with Gasteiger partial charge in [0.15, 0.2) is 0 Å². The summed E-state index contributed by atoms with van der Waals surface area (Å²) in [6.45, 7) is 7.75. The average molecular weight is 455 g/mol. The zero-order valence-electron chi connectivity index (χ0n) is 19.7. The van der Waals surface area contributed by atoms with Crippen LogP contribution in [-0.4, -0.2) is 25.2 Å². The van der Waals surface area contributed by atoms with Gasteiger partial charge < -0.3 is 10.1 Å². The molecule has 1 heterocycles. The molecule has 0 aromatic heterocycles. The molecule has 2 aromatic rings. The number of ether oxygens (including phenoxy) is 1. The normalized spacial score (nSPS) is 20.2. The summed E-state index contributed by atoms with van der Waals surface area (Å²) in [6, 6.07) is 14.6. The van der Waals surface area contributed by atoms with E-state index in [0.717, 1.165) is 43.1 Å². The Labute approximate surface area is 196 Å². The minimum atomic E-state index is -0.964. The molecule has 0 radical (unpaired) electrons. The van der Waals surface area contributed by atoms with Crippen molar-refractivity contribution >= 4 is 0 Å². The second-order valence-corrected chi connectivity index (χ2v) is 9.58. The lowest BCUT2D eigenvalue weighted by molar-refractivity contribution is 0.158. The molecule has 0 saturated heterocycles. The largest absolute Gasteiger partial charge is 0.493 e. The first-order chi connectivity index (χ1) is 16.1. The minimum absolute atomic E-state index is 0.434. The molecule has 5 rings (SSSR count). The van der Waals surface area contributed by atoms with E-state index in [9.17, 15) is 8.78 Å². The fourth-order valence-electron chi connectivity index (χ4n) is 4.49. The molecule has 0 spiro atoms. The van der Waals surface area contributed by atoms with Crippen LogP contribution in [0.1, 0.15) is 60.5 Å². The number of rotatable bonds is 9. The van der Waals surface area contributed by atoms with Gasteiger partial charge in [0.25, 0.3) is 0 Å². The topological polar surface area (TPSA) is 24.5 Å². The Bertz CT molecular complexity index is 922. The van der Waals surface area contributed by atoms with Gasteiger partial charge in [-0.25, -0.2) is 4.39 Å². The molecule has 1 aliphatic heterocycles. The third-order valence-corrected chi connectivity index (χ3v) is 7.00. The SMILES string of the molecule is C=C(NCc1ccc(CN2Cc3ccc(OCC4CC4)cc3C(F)C2)cc1)C1CCC1.CF. The maximum Gasteiger partial charge on any atom is 0.138 e. The summed E-state index contributed by atoms with van der Waals surface area (Å²) in [5, 5.41) is 3.48. The van der Waals surface area contributed by atoms with Crippen LogP contribution in [0, 0.1) is 11.8 Å². The predicted molar refractivity (Wildman–Crippen MR) is 129 cm³/mol. The van der Waals surface area contributed by atoms with Crippen LogP contribution in [-0.2, 0) is 19.6 Å². The van der Waals surface area contributed by atoms with Gasteiger partial charge in [-0.1, -0.05) is 43.3 Å². The molecule has 2 fully saturated rings. The van der Waals surface area contributed by atoms with Crippen LogP contribution in [0.5, 0.6) is 5.75 Å². The molecule has 0 bridgehead atoms. The van der Waals surface area contributed by atoms with Gasteiger partial charge in [0.2, 0.25) is 0 Å². The summed E-state index contributed by atoms with van der Waals surface area (Å²) in [6.07, 6.45) is 5.44. The highest BCUT2D eigenvalue weighted by molar-refractivity contribution is 5.39. The molecule has 178 valence electrons. The van der Waals surface area contributed by atoms with E-state index < -0.39 is 6.17 Å². The molecule has 2 aliphatic carbocycles. The third kappa shape index (κ3) is 6.35. The number of hydrogen-bond acceptors (Lipinski definition) is 3. The Balaban J connectivity index is 0.00000126. The van der Waals surface area contributed by atoms with E-state index in [1.165, 1.54) is 48.9 Å². The number of allylic oxidation sites excluding steroid dienone is 1. The van der Waals surface area contributed by atoms with E-state index in [-0.39, 0.29) is 0 Å². The number of benzene rings is 2. The zero-order chi connectivity index (χ0) is 23.2. The predicted octanol–water partition coefficient (Wildman–Crippen LogP) is 6.49. The molecule has 0 amide bonds. The fraction of sp³-hybridized carbons (Fsp3) is 0.500. The zero-order valence-corrected chi connectivity index (χ0v) is 19.7. The highest BCUT2D eigenvalue weighted by Crippen LogP contribution is 2.35. The maximum absolute atomic E-state index is 14.9. The van der Waals surface area contributed by atoms with Gasteiger partial charge >= 0.3 is 0 Å². The van der Waals surface area contributed by atoms with E-state index in [0.29, 0.717) is 25.6 Å². The molecule has 2 saturated carbocycles. The molecule has 5 heteroatoms. The second kappa shape index (κ2) is 11.1. The van der Waals surface area contributed by atoms with Gasteiger partial charge in [0.1, 0.15) is 11.9 Å². The van der Waals surface area contributed by atoms with Gasteiger partial charge in [-0.3, -0.25) is 9.29 Å². The molecule has 2 aromatic carbocycles. The summed E-state index contributed by atoms with van der Waals surface area (Å²) in [5.41, 5.74) is 5.54. The van der Waals surface area contributed by atoms with Crippen molar-refractivity contribution < 1.29 is 13.5 Å². The molecule has 1 atom stereocenters. The van der Waals surface area contributed by atoms with Crippen molar-refractivity contribution in [2.45, 2.75) is 57.9 Å². The third-order valence-electron chi connectivity index (χ3n) is 7.00. The van der Waals surface area contributed by atoms with E-state index in [4.69, 9.17) is 4.74 Å². The number of fused-ring (bicyclic) bond motifs is 1. The Morgan fingerprint density at radius 3 is 2.45 bits per heavy atom. The van der Waals surface area contributed by atoms with Crippen molar-refractivity contribution in [3.8, 4) is 5.75 Å². The van der Waals surface area contributed by atoms with E-state index in [2.05, 4.69) is 41.1 Å². The standard InChI is InChI=1S/C27H33FN2O.CH3F/c1-19(23-3-2-4-23)29-14-20-5-7-21(8-6-20)15-30-16-24-11-12-25(31-18-22-9-10-22)13-26(24)27(28)17-30;1-2/h5-8,11-13,22-23,27,29H,1-4,9-10,14-18H2;1H3. The van der Waals surface area contributed by atoms with E-state index in [1.807, 2.05) is 18.2 Å². The number of alkyl halides is 2. The van der Waals surface area contributed by atoms with Gasteiger partial charge in [0.05, 0.1) is 13.8 Å². The summed E-state index contributed by atoms with van der Waals surface area (Å²) in [7, 11) is 0.500. The van der Waals surface area contributed by atoms with Crippen LogP contribution in [0.4, 0.5) is 8.78 Å². The summed E-state index contributed by atoms with van der Waals surface area (Å²) in [5.74, 6) is 2.18. The van der Waals surface area contributed by atoms with Crippen LogP contribution >= 0.6 is 0 Å². The summed E-state index contributed by atoms with van der Waals surface area (Å²) >= 11 is 0. The minimum Gasteiger partial charge on any atom is -0.493 e. The van der Waals surface area contributed by atoms with Gasteiger partial charge in [-0.2, -0.15) is 0 Å². The van der Waals surface area contributed by atoms with Crippen molar-refractivity contribution in [3.05, 3.63) is 77.0 Å². The van der Waals surface area contributed by atoms with Crippen LogP contribution in [0.2, 0.25) is 0 Å². The first kappa shape index (κ1) is 23.7. The fourth-order valence-corrected chi connectivity index (χ4v) is 4.49. The highest BCUT2D eigenvalue weighted by Gasteiger charge is 2.26. The first-order valence-corrected chi connectivity index (χ1v) is 12.1. The summed E-state index contributed by atoms with van der Waals surface area (Å²) in [4.78, 5) is 2.20. The van der Waals surface area contributed by atoms with Crippen molar-refractivity contribution in [3.63, 3.8) is 0 Å². The lowest BCUT2D eigenvalue weighted by atomic mass is 9.83. The monoisotopic (exact) mass is 454 g/mol. The Hall–Kier alpha value is -2.40. The lowest BCUT2D eigenvalue weighted by Gasteiger charge is -2.31.